The van der Waals surface area contributed by atoms with Crippen LogP contribution in [0, 0.1) is 23.3 Å². The molecule has 0 bridgehead atoms. The summed E-state index contributed by atoms with van der Waals surface area (Å²) in [6.45, 7) is 0. The van der Waals surface area contributed by atoms with E-state index in [1.54, 1.807) is 18.2 Å². The molecule has 3 aromatic carbocycles. The van der Waals surface area contributed by atoms with Gasteiger partial charge < -0.3 is 15.2 Å². The molecule has 0 atom stereocenters. The summed E-state index contributed by atoms with van der Waals surface area (Å²) in [5.74, 6) is -5.31. The first-order valence-electron chi connectivity index (χ1n) is 10.4. The molecule has 8 heteroatoms. The molecule has 1 aliphatic rings. The number of nitrogens with zero attached hydrogens (tertiary/aromatic N) is 1. The second-order valence-corrected chi connectivity index (χ2v) is 7.81. The Morgan fingerprint density at radius 1 is 0.714 bits per heavy atom. The maximum Gasteiger partial charge on any atom is 0.168 e. The van der Waals surface area contributed by atoms with Crippen molar-refractivity contribution in [2.45, 2.75) is 0 Å². The van der Waals surface area contributed by atoms with Gasteiger partial charge in [0.25, 0.3) is 0 Å². The number of H-pyrrole nitrogens is 1. The number of benzene rings is 3. The number of aromatic nitrogens is 1. The van der Waals surface area contributed by atoms with Crippen molar-refractivity contribution in [3.8, 4) is 22.8 Å². The van der Waals surface area contributed by atoms with Crippen molar-refractivity contribution in [3.05, 3.63) is 125 Å². The van der Waals surface area contributed by atoms with Gasteiger partial charge in [-0.15, -0.1) is 0 Å². The molecule has 0 saturated carbocycles. The van der Waals surface area contributed by atoms with Crippen molar-refractivity contribution >= 4 is 11.3 Å². The number of hydrogen-bond donors (Lipinski definition) is 3. The van der Waals surface area contributed by atoms with Crippen molar-refractivity contribution in [2.75, 3.05) is 0 Å². The zero-order valence-corrected chi connectivity index (χ0v) is 17.9. The molecule has 0 fully saturated rings. The van der Waals surface area contributed by atoms with Crippen molar-refractivity contribution in [1.29, 1.82) is 0 Å². The van der Waals surface area contributed by atoms with Gasteiger partial charge >= 0.3 is 0 Å². The Kier molecular flexibility index (Phi) is 5.49. The van der Waals surface area contributed by atoms with E-state index in [0.717, 1.165) is 17.7 Å². The van der Waals surface area contributed by atoms with Crippen LogP contribution in [-0.2, 0) is 0 Å². The first-order chi connectivity index (χ1) is 16.8. The maximum atomic E-state index is 13.9. The zero-order valence-electron chi connectivity index (χ0n) is 17.9. The minimum atomic E-state index is -1.10. The van der Waals surface area contributed by atoms with Gasteiger partial charge in [0.1, 0.15) is 11.6 Å². The first kappa shape index (κ1) is 22.2. The van der Waals surface area contributed by atoms with Gasteiger partial charge in [-0.3, -0.25) is 0 Å². The van der Waals surface area contributed by atoms with Crippen LogP contribution in [-0.4, -0.2) is 20.9 Å². The number of nitrogens with one attached hydrogen (secondary N) is 1. The summed E-state index contributed by atoms with van der Waals surface area (Å²) in [5.41, 5.74) is 2.49. The molecule has 0 aliphatic carbocycles. The van der Waals surface area contributed by atoms with E-state index in [9.17, 15) is 27.8 Å². The summed E-state index contributed by atoms with van der Waals surface area (Å²) in [6.07, 6.45) is 3.14. The van der Waals surface area contributed by atoms with E-state index in [4.69, 9.17) is 0 Å². The van der Waals surface area contributed by atoms with Crippen LogP contribution in [0.4, 0.5) is 17.6 Å². The molecule has 0 unspecified atom stereocenters. The molecule has 4 aromatic rings. The van der Waals surface area contributed by atoms with Crippen molar-refractivity contribution in [2.24, 2.45) is 4.99 Å². The van der Waals surface area contributed by atoms with Crippen molar-refractivity contribution in [1.82, 2.24) is 4.98 Å². The minimum absolute atomic E-state index is 0.0579. The predicted octanol–water partition coefficient (Wildman–Crippen LogP) is 6.47. The molecular formula is C27H16F4N2O2. The fourth-order valence-electron chi connectivity index (χ4n) is 3.93. The second kappa shape index (κ2) is 8.64. The second-order valence-electron chi connectivity index (χ2n) is 7.81. The summed E-state index contributed by atoms with van der Waals surface area (Å²) in [4.78, 5) is 7.55. The number of allylic oxidation sites excluding steroid dienone is 2. The summed E-state index contributed by atoms with van der Waals surface area (Å²) in [7, 11) is 0. The summed E-state index contributed by atoms with van der Waals surface area (Å²) in [6, 6.07) is 15.5. The molecule has 35 heavy (non-hydrogen) atoms. The lowest BCUT2D eigenvalue weighted by molar-refractivity contribution is 0.427. The molecule has 0 saturated heterocycles. The van der Waals surface area contributed by atoms with Gasteiger partial charge in [-0.05, 0) is 42.0 Å². The largest absolute Gasteiger partial charge is 0.504 e. The number of hydrogen-bond acceptors (Lipinski definition) is 3. The fourth-order valence-corrected chi connectivity index (χ4v) is 3.93. The topological polar surface area (TPSA) is 68.6 Å². The smallest absolute Gasteiger partial charge is 0.168 e. The Labute approximate surface area is 196 Å². The lowest BCUT2D eigenvalue weighted by atomic mass is 10.0. The highest BCUT2D eigenvalue weighted by Gasteiger charge is 2.21. The fraction of sp³-hybridized carbons (Fsp3) is 0. The molecular weight excluding hydrogens is 460 g/mol. The lowest BCUT2D eigenvalue weighted by Gasteiger charge is -2.09. The number of aromatic hydroxyl groups is 2. The highest BCUT2D eigenvalue weighted by Crippen LogP contribution is 2.36. The monoisotopic (exact) mass is 476 g/mol. The predicted molar refractivity (Wildman–Crippen MR) is 124 cm³/mol. The number of aliphatic imine (C=N–C) groups is 1. The quantitative estimate of drug-likeness (QED) is 0.296. The Morgan fingerprint density at radius 2 is 1.34 bits per heavy atom. The molecule has 1 aromatic heterocycles. The standard InChI is InChI=1S/C27H16F4N2O2/c28-15-10-17(26(34)19(30)12-15)21-6-8-23(32-21)25(14-4-2-1-3-5-14)24-9-7-22(33-24)18-11-16(29)13-20(31)27(18)35/h1-13,32,34-35H/b25-24-. The van der Waals surface area contributed by atoms with E-state index >= 15 is 0 Å². The normalized spacial score (nSPS) is 14.3. The van der Waals surface area contributed by atoms with Gasteiger partial charge in [0.15, 0.2) is 23.1 Å². The molecule has 174 valence electrons. The van der Waals surface area contributed by atoms with E-state index in [-0.39, 0.29) is 22.5 Å². The van der Waals surface area contributed by atoms with E-state index < -0.39 is 34.8 Å². The highest BCUT2D eigenvalue weighted by atomic mass is 19.1. The van der Waals surface area contributed by atoms with Crippen LogP contribution in [0.5, 0.6) is 11.5 Å². The number of aromatic amines is 1. The minimum Gasteiger partial charge on any atom is -0.504 e. The lowest BCUT2D eigenvalue weighted by Crippen LogP contribution is -1.98. The first-order valence-corrected chi connectivity index (χ1v) is 10.4. The van der Waals surface area contributed by atoms with Crippen LogP contribution in [0.15, 0.2) is 89.6 Å². The number of rotatable bonds is 4. The molecule has 0 amide bonds. The molecule has 0 spiro atoms. The van der Waals surface area contributed by atoms with Gasteiger partial charge in [-0.2, -0.15) is 0 Å². The molecule has 3 N–H and O–H groups in total. The number of halogens is 4. The number of phenols is 2. The van der Waals surface area contributed by atoms with Crippen LogP contribution in [0.25, 0.3) is 16.8 Å². The molecule has 4 nitrogen and oxygen atoms in total. The Morgan fingerprint density at radius 3 is 2.03 bits per heavy atom. The molecule has 2 heterocycles. The van der Waals surface area contributed by atoms with E-state index in [1.807, 2.05) is 30.3 Å². The average molecular weight is 476 g/mol. The van der Waals surface area contributed by atoms with Crippen molar-refractivity contribution in [3.63, 3.8) is 0 Å². The summed E-state index contributed by atoms with van der Waals surface area (Å²) in [5, 5.41) is 20.2. The van der Waals surface area contributed by atoms with Crippen LogP contribution in [0.2, 0.25) is 0 Å². The Hall–Kier alpha value is -4.59. The zero-order chi connectivity index (χ0) is 24.7. The highest BCUT2D eigenvalue weighted by molar-refractivity contribution is 6.13. The molecule has 5 rings (SSSR count). The number of phenolic OH excluding ortho intramolecular Hbond substituents is 2. The molecule has 0 radical (unpaired) electrons. The molecule has 1 aliphatic heterocycles. The average Bonchev–Trinajstić information content (AvgIpc) is 3.50. The third-order valence-corrected chi connectivity index (χ3v) is 5.54. The third kappa shape index (κ3) is 4.10. The SMILES string of the molecule is Oc1c(F)cc(F)cc1C1=N/C(=C(/c2ccccc2)c2ccc(-c3cc(F)cc(F)c3O)[nH]2)C=C1. The van der Waals surface area contributed by atoms with Crippen LogP contribution < -0.4 is 0 Å². The van der Waals surface area contributed by atoms with Crippen molar-refractivity contribution < 1.29 is 27.8 Å². The van der Waals surface area contributed by atoms with Crippen LogP contribution in [0.1, 0.15) is 16.8 Å². The van der Waals surface area contributed by atoms with Gasteiger partial charge in [-0.25, -0.2) is 22.6 Å². The van der Waals surface area contributed by atoms with E-state index in [2.05, 4.69) is 9.98 Å². The van der Waals surface area contributed by atoms with Gasteiger partial charge in [-0.1, -0.05) is 30.3 Å². The van der Waals surface area contributed by atoms with Crippen LogP contribution >= 0.6 is 0 Å². The van der Waals surface area contributed by atoms with Gasteiger partial charge in [0.2, 0.25) is 0 Å². The maximum absolute atomic E-state index is 13.9. The summed E-state index contributed by atoms with van der Waals surface area (Å²) < 4.78 is 55.3. The van der Waals surface area contributed by atoms with Gasteiger partial charge in [0, 0.05) is 40.2 Å². The van der Waals surface area contributed by atoms with Gasteiger partial charge in [0.05, 0.1) is 11.4 Å². The van der Waals surface area contributed by atoms with E-state index in [0.29, 0.717) is 29.1 Å². The third-order valence-electron chi connectivity index (χ3n) is 5.54. The van der Waals surface area contributed by atoms with E-state index in [1.165, 1.54) is 6.08 Å². The summed E-state index contributed by atoms with van der Waals surface area (Å²) >= 11 is 0. The Bertz CT molecular complexity index is 1550. The Balaban J connectivity index is 1.66. The van der Waals surface area contributed by atoms with Crippen LogP contribution in [0.3, 0.4) is 0 Å².